The van der Waals surface area contributed by atoms with Crippen LogP contribution in [0.4, 0.5) is 5.69 Å². The van der Waals surface area contributed by atoms with Gasteiger partial charge in [-0.15, -0.1) is 0 Å². The molecule has 2 amide bonds. The highest BCUT2D eigenvalue weighted by atomic mass is 32.2. The van der Waals surface area contributed by atoms with Gasteiger partial charge >= 0.3 is 0 Å². The molecule has 2 aromatic rings. The number of carbonyl (C=O) groups excluding carboxylic acids is 2. The number of carbonyl (C=O) groups is 2. The van der Waals surface area contributed by atoms with Crippen LogP contribution in [-0.2, 0) is 16.1 Å². The van der Waals surface area contributed by atoms with E-state index in [9.17, 15) is 9.59 Å². The first-order chi connectivity index (χ1) is 13.7. The molecule has 0 saturated carbocycles. The van der Waals surface area contributed by atoms with E-state index in [1.807, 2.05) is 60.7 Å². The second-order valence-electron chi connectivity index (χ2n) is 7.08. The molecule has 0 spiro atoms. The Hall–Kier alpha value is -2.60. The number of para-hydroxylation sites is 1. The number of rotatable bonds is 4. The number of aliphatic imine (C=N–C) groups is 1. The van der Waals surface area contributed by atoms with Crippen LogP contribution >= 0.6 is 11.8 Å². The molecule has 0 aromatic heterocycles. The van der Waals surface area contributed by atoms with Gasteiger partial charge in [-0.1, -0.05) is 60.3 Å². The highest BCUT2D eigenvalue weighted by Crippen LogP contribution is 2.27. The fourth-order valence-corrected chi connectivity index (χ4v) is 4.55. The second-order valence-corrected chi connectivity index (χ2v) is 8.14. The van der Waals surface area contributed by atoms with E-state index in [-0.39, 0.29) is 24.2 Å². The van der Waals surface area contributed by atoms with Gasteiger partial charge in [0.25, 0.3) is 0 Å². The Morgan fingerprint density at radius 1 is 1.07 bits per heavy atom. The predicted octanol–water partition coefficient (Wildman–Crippen LogP) is 3.69. The first-order valence-corrected chi connectivity index (χ1v) is 10.6. The van der Waals surface area contributed by atoms with Crippen LogP contribution in [0.15, 0.2) is 65.7 Å². The number of hydrogen-bond acceptors (Lipinski definition) is 4. The first kappa shape index (κ1) is 18.7. The van der Waals surface area contributed by atoms with Crippen molar-refractivity contribution in [3.05, 3.63) is 66.2 Å². The molecule has 0 aliphatic carbocycles. The zero-order valence-corrected chi connectivity index (χ0v) is 16.5. The molecule has 144 valence electrons. The molecule has 6 heteroatoms. The van der Waals surface area contributed by atoms with Crippen molar-refractivity contribution in [2.75, 3.05) is 18.8 Å². The standard InChI is InChI=1S/C22H23N3O2S/c26-20-14-18(16-24(20)15-17-8-3-1-4-9-17)21(27)25-12-7-13-28-22(25)23-19-10-5-2-6-11-19/h1-6,8-11,18H,7,12-16H2. The average molecular weight is 394 g/mol. The smallest absolute Gasteiger partial charge is 0.233 e. The third kappa shape index (κ3) is 4.28. The van der Waals surface area contributed by atoms with Crippen LogP contribution in [-0.4, -0.2) is 45.6 Å². The highest BCUT2D eigenvalue weighted by Gasteiger charge is 2.38. The lowest BCUT2D eigenvalue weighted by Crippen LogP contribution is -2.43. The number of likely N-dealkylation sites (tertiary alicyclic amines) is 1. The minimum atomic E-state index is -0.295. The van der Waals surface area contributed by atoms with Crippen LogP contribution < -0.4 is 0 Å². The lowest BCUT2D eigenvalue weighted by Gasteiger charge is -2.29. The van der Waals surface area contributed by atoms with Gasteiger partial charge in [0.2, 0.25) is 11.8 Å². The number of benzene rings is 2. The summed E-state index contributed by atoms with van der Waals surface area (Å²) in [7, 11) is 0. The molecule has 2 aliphatic heterocycles. The number of amidine groups is 1. The van der Waals surface area contributed by atoms with Gasteiger partial charge < -0.3 is 4.90 Å². The van der Waals surface area contributed by atoms with Gasteiger partial charge in [0.1, 0.15) is 0 Å². The van der Waals surface area contributed by atoms with Crippen LogP contribution in [0.25, 0.3) is 0 Å². The van der Waals surface area contributed by atoms with Crippen molar-refractivity contribution in [2.45, 2.75) is 19.4 Å². The van der Waals surface area contributed by atoms with Gasteiger partial charge in [-0.2, -0.15) is 0 Å². The van der Waals surface area contributed by atoms with E-state index >= 15 is 0 Å². The largest absolute Gasteiger partial charge is 0.338 e. The number of thioether (sulfide) groups is 1. The van der Waals surface area contributed by atoms with Crippen molar-refractivity contribution in [3.8, 4) is 0 Å². The van der Waals surface area contributed by atoms with Crippen molar-refractivity contribution in [1.29, 1.82) is 0 Å². The Morgan fingerprint density at radius 2 is 1.79 bits per heavy atom. The average Bonchev–Trinajstić information content (AvgIpc) is 3.10. The lowest BCUT2D eigenvalue weighted by atomic mass is 10.1. The maximum atomic E-state index is 13.2. The van der Waals surface area contributed by atoms with Gasteiger partial charge in [-0.05, 0) is 24.1 Å². The topological polar surface area (TPSA) is 53.0 Å². The first-order valence-electron chi connectivity index (χ1n) is 9.60. The van der Waals surface area contributed by atoms with Crippen LogP contribution in [0.3, 0.4) is 0 Å². The van der Waals surface area contributed by atoms with Crippen molar-refractivity contribution >= 4 is 34.4 Å². The Balaban J connectivity index is 1.47. The third-order valence-electron chi connectivity index (χ3n) is 5.02. The summed E-state index contributed by atoms with van der Waals surface area (Å²) in [6, 6.07) is 19.6. The van der Waals surface area contributed by atoms with Crippen LogP contribution in [0, 0.1) is 5.92 Å². The van der Waals surface area contributed by atoms with Crippen LogP contribution in [0.2, 0.25) is 0 Å². The molecule has 1 unspecified atom stereocenters. The van der Waals surface area contributed by atoms with Gasteiger partial charge in [0, 0.05) is 31.8 Å². The molecule has 1 atom stereocenters. The van der Waals surface area contributed by atoms with Crippen LogP contribution in [0.5, 0.6) is 0 Å². The van der Waals surface area contributed by atoms with E-state index in [0.29, 0.717) is 19.6 Å². The zero-order chi connectivity index (χ0) is 19.3. The molecule has 2 heterocycles. The van der Waals surface area contributed by atoms with Crippen molar-refractivity contribution in [3.63, 3.8) is 0 Å². The molecular weight excluding hydrogens is 370 g/mol. The fraction of sp³-hybridized carbons (Fsp3) is 0.318. The molecule has 4 rings (SSSR count). The van der Waals surface area contributed by atoms with E-state index in [4.69, 9.17) is 0 Å². The molecule has 2 aromatic carbocycles. The molecule has 0 bridgehead atoms. The minimum absolute atomic E-state index is 0.0193. The summed E-state index contributed by atoms with van der Waals surface area (Å²) in [6.45, 7) is 1.70. The van der Waals surface area contributed by atoms with Crippen molar-refractivity contribution in [2.24, 2.45) is 10.9 Å². The minimum Gasteiger partial charge on any atom is -0.338 e. The molecule has 0 N–H and O–H groups in total. The maximum Gasteiger partial charge on any atom is 0.233 e. The van der Waals surface area contributed by atoms with E-state index in [1.54, 1.807) is 21.6 Å². The van der Waals surface area contributed by atoms with E-state index in [2.05, 4.69) is 4.99 Å². The normalized spacial score (nSPS) is 21.4. The molecule has 2 fully saturated rings. The Bertz CT molecular complexity index is 870. The number of amides is 2. The third-order valence-corrected chi connectivity index (χ3v) is 6.08. The van der Waals surface area contributed by atoms with Gasteiger partial charge in [0.05, 0.1) is 11.6 Å². The molecule has 0 radical (unpaired) electrons. The van der Waals surface area contributed by atoms with Gasteiger partial charge in [0.15, 0.2) is 5.17 Å². The maximum absolute atomic E-state index is 13.2. The number of hydrogen-bond donors (Lipinski definition) is 0. The quantitative estimate of drug-likeness (QED) is 0.796. The molecule has 2 saturated heterocycles. The summed E-state index contributed by atoms with van der Waals surface area (Å²) in [5.41, 5.74) is 1.93. The van der Waals surface area contributed by atoms with E-state index in [1.165, 1.54) is 0 Å². The summed E-state index contributed by atoms with van der Waals surface area (Å²) in [5.74, 6) is 0.731. The van der Waals surface area contributed by atoms with Gasteiger partial charge in [-0.3, -0.25) is 14.5 Å². The molecule has 28 heavy (non-hydrogen) atoms. The summed E-state index contributed by atoms with van der Waals surface area (Å²) in [5, 5.41) is 0.747. The lowest BCUT2D eigenvalue weighted by molar-refractivity contribution is -0.132. The summed E-state index contributed by atoms with van der Waals surface area (Å²) >= 11 is 1.61. The second kappa shape index (κ2) is 8.61. The summed E-state index contributed by atoms with van der Waals surface area (Å²) < 4.78 is 0. The van der Waals surface area contributed by atoms with E-state index < -0.39 is 0 Å². The van der Waals surface area contributed by atoms with Crippen molar-refractivity contribution in [1.82, 2.24) is 9.80 Å². The molecule has 2 aliphatic rings. The fourth-order valence-electron chi connectivity index (χ4n) is 3.58. The molecular formula is C22H23N3O2S. The van der Waals surface area contributed by atoms with Crippen LogP contribution in [0.1, 0.15) is 18.4 Å². The van der Waals surface area contributed by atoms with Crippen molar-refractivity contribution < 1.29 is 9.59 Å². The van der Waals surface area contributed by atoms with Gasteiger partial charge in [-0.25, -0.2) is 4.99 Å². The number of nitrogens with zero attached hydrogens (tertiary/aromatic N) is 3. The summed E-state index contributed by atoms with van der Waals surface area (Å²) in [6.07, 6.45) is 1.23. The zero-order valence-electron chi connectivity index (χ0n) is 15.7. The van der Waals surface area contributed by atoms with E-state index in [0.717, 1.165) is 28.6 Å². The highest BCUT2D eigenvalue weighted by molar-refractivity contribution is 8.13. The Morgan fingerprint density at radius 3 is 2.54 bits per heavy atom. The summed E-state index contributed by atoms with van der Waals surface area (Å²) in [4.78, 5) is 33.9. The molecule has 5 nitrogen and oxygen atoms in total. The Kier molecular flexibility index (Phi) is 5.76. The Labute approximate surface area is 169 Å². The SMILES string of the molecule is O=C1CC(C(=O)N2CCCSC2=Nc2ccccc2)CN1Cc1ccccc1. The predicted molar refractivity (Wildman–Crippen MR) is 112 cm³/mol. The monoisotopic (exact) mass is 393 g/mol.